The van der Waals surface area contributed by atoms with Crippen molar-refractivity contribution in [3.63, 3.8) is 0 Å². The van der Waals surface area contributed by atoms with E-state index >= 15 is 0 Å². The number of nitro benzene ring substituents is 1. The molecule has 0 N–H and O–H groups in total. The standard InChI is InChI=1S/C24H21N5O3/c1-17-4-8-19(9-5-17)28-24(26-12-2-3-13-26)21-15-27(16-22(21)25-28)23(30)14-18-6-10-20(11-7-18)29(31)32/h2-13H,14-16H2,1H3. The van der Waals surface area contributed by atoms with E-state index in [4.69, 9.17) is 5.10 Å². The van der Waals surface area contributed by atoms with Crippen molar-refractivity contribution in [2.24, 2.45) is 0 Å². The molecule has 32 heavy (non-hydrogen) atoms. The third-order valence-electron chi connectivity index (χ3n) is 5.71. The molecule has 1 aliphatic heterocycles. The van der Waals surface area contributed by atoms with E-state index in [2.05, 4.69) is 12.1 Å². The van der Waals surface area contributed by atoms with E-state index in [0.29, 0.717) is 13.1 Å². The molecule has 3 heterocycles. The smallest absolute Gasteiger partial charge is 0.269 e. The number of carbonyl (C=O) groups is 1. The van der Waals surface area contributed by atoms with E-state index < -0.39 is 4.92 Å². The highest BCUT2D eigenvalue weighted by Crippen LogP contribution is 2.31. The van der Waals surface area contributed by atoms with Crippen molar-refractivity contribution in [2.45, 2.75) is 26.4 Å². The zero-order valence-electron chi connectivity index (χ0n) is 17.5. The molecule has 0 unspecified atom stereocenters. The molecule has 0 radical (unpaired) electrons. The monoisotopic (exact) mass is 427 g/mol. The highest BCUT2D eigenvalue weighted by molar-refractivity contribution is 5.79. The summed E-state index contributed by atoms with van der Waals surface area (Å²) in [5.41, 5.74) is 4.83. The molecule has 2 aromatic heterocycles. The van der Waals surface area contributed by atoms with Gasteiger partial charge in [0, 0.05) is 30.1 Å². The Morgan fingerprint density at radius 3 is 2.38 bits per heavy atom. The lowest BCUT2D eigenvalue weighted by atomic mass is 10.1. The predicted octanol–water partition coefficient (Wildman–Crippen LogP) is 3.96. The largest absolute Gasteiger partial charge is 0.332 e. The molecule has 2 aromatic carbocycles. The summed E-state index contributed by atoms with van der Waals surface area (Å²) in [4.78, 5) is 25.1. The zero-order chi connectivity index (χ0) is 22.2. The molecule has 5 rings (SSSR count). The van der Waals surface area contributed by atoms with Crippen molar-refractivity contribution in [3.8, 4) is 11.5 Å². The Labute approximate surface area is 184 Å². The van der Waals surface area contributed by atoms with Gasteiger partial charge in [0.2, 0.25) is 5.91 Å². The quantitative estimate of drug-likeness (QED) is 0.356. The lowest BCUT2D eigenvalue weighted by Gasteiger charge is -2.17. The molecule has 4 aromatic rings. The Morgan fingerprint density at radius 2 is 1.72 bits per heavy atom. The number of non-ortho nitro benzene ring substituents is 1. The zero-order valence-corrected chi connectivity index (χ0v) is 17.5. The van der Waals surface area contributed by atoms with Crippen LogP contribution in [-0.2, 0) is 24.3 Å². The molecule has 1 amide bonds. The van der Waals surface area contributed by atoms with Crippen molar-refractivity contribution in [2.75, 3.05) is 0 Å². The molecule has 0 saturated carbocycles. The van der Waals surface area contributed by atoms with Crippen molar-refractivity contribution in [1.82, 2.24) is 19.2 Å². The fraction of sp³-hybridized carbons (Fsp3) is 0.167. The highest BCUT2D eigenvalue weighted by atomic mass is 16.6. The first-order valence-electron chi connectivity index (χ1n) is 10.3. The van der Waals surface area contributed by atoms with Crippen LogP contribution in [0.15, 0.2) is 73.1 Å². The van der Waals surface area contributed by atoms with Crippen LogP contribution in [0.4, 0.5) is 5.69 Å². The molecular weight excluding hydrogens is 406 g/mol. The van der Waals surface area contributed by atoms with Gasteiger partial charge in [-0.25, -0.2) is 4.68 Å². The summed E-state index contributed by atoms with van der Waals surface area (Å²) in [6.07, 6.45) is 4.14. The van der Waals surface area contributed by atoms with Gasteiger partial charge < -0.3 is 9.47 Å². The minimum absolute atomic E-state index is 0.0176. The number of benzene rings is 2. The number of hydrogen-bond donors (Lipinski definition) is 0. The number of nitro groups is 1. The minimum Gasteiger partial charge on any atom is -0.332 e. The first-order valence-corrected chi connectivity index (χ1v) is 10.3. The van der Waals surface area contributed by atoms with Gasteiger partial charge in [0.1, 0.15) is 5.82 Å². The second-order valence-electron chi connectivity index (χ2n) is 7.94. The third-order valence-corrected chi connectivity index (χ3v) is 5.71. The maximum atomic E-state index is 12.9. The first kappa shape index (κ1) is 19.7. The van der Waals surface area contributed by atoms with Crippen LogP contribution < -0.4 is 0 Å². The average Bonchev–Trinajstić information content (AvgIpc) is 3.51. The number of hydrogen-bond acceptors (Lipinski definition) is 4. The maximum absolute atomic E-state index is 12.9. The Morgan fingerprint density at radius 1 is 1.03 bits per heavy atom. The van der Waals surface area contributed by atoms with E-state index in [1.807, 2.05) is 52.8 Å². The number of rotatable bonds is 5. The summed E-state index contributed by atoms with van der Waals surface area (Å²) in [6.45, 7) is 2.96. The summed E-state index contributed by atoms with van der Waals surface area (Å²) in [5.74, 6) is 0.900. The number of nitrogens with zero attached hydrogens (tertiary/aromatic N) is 5. The summed E-state index contributed by atoms with van der Waals surface area (Å²) in [7, 11) is 0. The van der Waals surface area contributed by atoms with Crippen molar-refractivity contribution in [1.29, 1.82) is 0 Å². The van der Waals surface area contributed by atoms with Crippen LogP contribution in [0.2, 0.25) is 0 Å². The topological polar surface area (TPSA) is 86.2 Å². The van der Waals surface area contributed by atoms with Crippen molar-refractivity contribution < 1.29 is 9.72 Å². The first-order chi connectivity index (χ1) is 15.5. The number of amides is 1. The van der Waals surface area contributed by atoms with Crippen LogP contribution in [0.25, 0.3) is 11.5 Å². The number of aromatic nitrogens is 3. The Bertz CT molecular complexity index is 1290. The van der Waals surface area contributed by atoms with Crippen LogP contribution in [0, 0.1) is 17.0 Å². The normalized spacial score (nSPS) is 12.7. The van der Waals surface area contributed by atoms with Gasteiger partial charge in [-0.15, -0.1) is 0 Å². The van der Waals surface area contributed by atoms with Crippen LogP contribution in [0.1, 0.15) is 22.4 Å². The minimum atomic E-state index is -0.444. The molecular formula is C24H21N5O3. The van der Waals surface area contributed by atoms with Crippen LogP contribution >= 0.6 is 0 Å². The SMILES string of the molecule is Cc1ccc(-n2nc3c(c2-n2cccc2)CN(C(=O)Cc2ccc([N+](=O)[O-])cc2)C3)cc1. The van der Waals surface area contributed by atoms with E-state index in [-0.39, 0.29) is 18.0 Å². The lowest BCUT2D eigenvalue weighted by molar-refractivity contribution is -0.384. The molecule has 8 heteroatoms. The molecule has 8 nitrogen and oxygen atoms in total. The molecule has 0 fully saturated rings. The Hall–Kier alpha value is -4.20. The van der Waals surface area contributed by atoms with Crippen LogP contribution in [-0.4, -0.2) is 30.1 Å². The molecule has 0 atom stereocenters. The van der Waals surface area contributed by atoms with Gasteiger partial charge >= 0.3 is 0 Å². The predicted molar refractivity (Wildman–Crippen MR) is 119 cm³/mol. The van der Waals surface area contributed by atoms with Gasteiger partial charge in [-0.2, -0.15) is 5.10 Å². The summed E-state index contributed by atoms with van der Waals surface area (Å²) >= 11 is 0. The van der Waals surface area contributed by atoms with Gasteiger partial charge in [-0.3, -0.25) is 14.9 Å². The van der Waals surface area contributed by atoms with Gasteiger partial charge in [0.15, 0.2) is 0 Å². The Kier molecular flexibility index (Phi) is 4.82. The lowest BCUT2D eigenvalue weighted by Crippen LogP contribution is -2.27. The number of carbonyl (C=O) groups excluding carboxylic acids is 1. The molecule has 0 bridgehead atoms. The van der Waals surface area contributed by atoms with E-state index in [1.54, 1.807) is 17.0 Å². The van der Waals surface area contributed by atoms with Gasteiger partial charge in [-0.1, -0.05) is 29.8 Å². The molecule has 0 aliphatic carbocycles. The summed E-state index contributed by atoms with van der Waals surface area (Å²) < 4.78 is 3.96. The summed E-state index contributed by atoms with van der Waals surface area (Å²) in [6, 6.07) is 18.3. The van der Waals surface area contributed by atoms with Gasteiger partial charge in [0.05, 0.1) is 35.8 Å². The Balaban J connectivity index is 1.41. The highest BCUT2D eigenvalue weighted by Gasteiger charge is 2.31. The second kappa shape index (κ2) is 7.81. The molecule has 0 saturated heterocycles. The fourth-order valence-corrected chi connectivity index (χ4v) is 4.01. The van der Waals surface area contributed by atoms with E-state index in [0.717, 1.165) is 28.3 Å². The molecule has 160 valence electrons. The average molecular weight is 427 g/mol. The van der Waals surface area contributed by atoms with Crippen molar-refractivity contribution >= 4 is 11.6 Å². The van der Waals surface area contributed by atoms with Crippen molar-refractivity contribution in [3.05, 3.63) is 106 Å². The van der Waals surface area contributed by atoms with Crippen LogP contribution in [0.3, 0.4) is 0 Å². The molecule has 1 aliphatic rings. The van der Waals surface area contributed by atoms with E-state index in [1.165, 1.54) is 17.7 Å². The number of aryl methyl sites for hydroxylation is 1. The third kappa shape index (κ3) is 3.56. The maximum Gasteiger partial charge on any atom is 0.269 e. The fourth-order valence-electron chi connectivity index (χ4n) is 4.01. The van der Waals surface area contributed by atoms with Crippen LogP contribution in [0.5, 0.6) is 0 Å². The number of fused-ring (bicyclic) bond motifs is 1. The van der Waals surface area contributed by atoms with Gasteiger partial charge in [0.25, 0.3) is 5.69 Å². The molecule has 0 spiro atoms. The van der Waals surface area contributed by atoms with E-state index in [9.17, 15) is 14.9 Å². The van der Waals surface area contributed by atoms with Gasteiger partial charge in [-0.05, 0) is 36.8 Å². The summed E-state index contributed by atoms with van der Waals surface area (Å²) in [5, 5.41) is 15.7. The second-order valence-corrected chi connectivity index (χ2v) is 7.94.